The van der Waals surface area contributed by atoms with E-state index in [2.05, 4.69) is 10.3 Å². The van der Waals surface area contributed by atoms with Gasteiger partial charge in [0, 0.05) is 23.6 Å². The number of amides is 2. The Kier molecular flexibility index (Phi) is 4.10. The van der Waals surface area contributed by atoms with Gasteiger partial charge >= 0.3 is 12.2 Å². The minimum atomic E-state index is -4.53. The third-order valence-corrected chi connectivity index (χ3v) is 5.78. The normalized spacial score (nSPS) is 23.9. The number of rotatable bonds is 1. The number of pyridine rings is 1. The smallest absolute Gasteiger partial charge is 0.312 e. The molecule has 4 rings (SSSR count). The molecule has 2 atom stereocenters. The Balaban J connectivity index is 1.60. The van der Waals surface area contributed by atoms with Crippen molar-refractivity contribution in [2.24, 2.45) is 0 Å². The average Bonchev–Trinajstić information content (AvgIpc) is 2.83. The lowest BCUT2D eigenvalue weighted by molar-refractivity contribution is -0.137. The third kappa shape index (κ3) is 3.04. The first kappa shape index (κ1) is 18.1. The van der Waals surface area contributed by atoms with Crippen LogP contribution in [-0.2, 0) is 12.6 Å². The van der Waals surface area contributed by atoms with E-state index in [-0.39, 0.29) is 23.3 Å². The van der Waals surface area contributed by atoms with Crippen molar-refractivity contribution in [1.82, 2.24) is 9.88 Å². The van der Waals surface area contributed by atoms with Gasteiger partial charge in [0.1, 0.15) is 0 Å². The zero-order valence-electron chi connectivity index (χ0n) is 14.5. The van der Waals surface area contributed by atoms with Gasteiger partial charge in [-0.05, 0) is 61.6 Å². The van der Waals surface area contributed by atoms with Crippen molar-refractivity contribution >= 4 is 23.3 Å². The third-order valence-electron chi connectivity index (χ3n) is 5.47. The predicted octanol–water partition coefficient (Wildman–Crippen LogP) is 5.44. The fraction of sp³-hybridized carbons (Fsp3) is 0.368. The molecule has 2 bridgehead atoms. The summed E-state index contributed by atoms with van der Waals surface area (Å²) in [6.07, 6.45) is 1.43. The first-order valence-electron chi connectivity index (χ1n) is 8.59. The maximum Gasteiger partial charge on any atom is 0.417 e. The lowest BCUT2D eigenvalue weighted by atomic mass is 9.87. The number of anilines is 1. The number of carbonyl (C=O) groups is 1. The van der Waals surface area contributed by atoms with E-state index in [1.165, 1.54) is 6.07 Å². The summed E-state index contributed by atoms with van der Waals surface area (Å²) in [4.78, 5) is 19.0. The molecule has 142 valence electrons. The molecular formula is C19H17ClF3N3O. The zero-order valence-corrected chi connectivity index (χ0v) is 15.2. The van der Waals surface area contributed by atoms with Gasteiger partial charge in [0.25, 0.3) is 0 Å². The number of aromatic nitrogens is 1. The van der Waals surface area contributed by atoms with Crippen molar-refractivity contribution in [1.29, 1.82) is 0 Å². The molecule has 0 radical (unpaired) electrons. The molecular weight excluding hydrogens is 379 g/mol. The van der Waals surface area contributed by atoms with E-state index in [0.717, 1.165) is 36.1 Å². The van der Waals surface area contributed by atoms with Crippen molar-refractivity contribution in [3.8, 4) is 0 Å². The summed E-state index contributed by atoms with van der Waals surface area (Å²) >= 11 is 5.76. The monoisotopic (exact) mass is 395 g/mol. The van der Waals surface area contributed by atoms with Crippen molar-refractivity contribution < 1.29 is 18.0 Å². The number of benzene rings is 1. The van der Waals surface area contributed by atoms with Gasteiger partial charge in [-0.25, -0.2) is 4.79 Å². The average molecular weight is 396 g/mol. The summed E-state index contributed by atoms with van der Waals surface area (Å²) in [5.74, 6) is 0. The highest BCUT2D eigenvalue weighted by Crippen LogP contribution is 2.49. The molecule has 1 aromatic carbocycles. The Hall–Kier alpha value is -2.28. The number of nitrogens with one attached hydrogen (secondary N) is 1. The van der Waals surface area contributed by atoms with Gasteiger partial charge in [-0.1, -0.05) is 11.6 Å². The van der Waals surface area contributed by atoms with Gasteiger partial charge < -0.3 is 10.2 Å². The number of alkyl halides is 3. The van der Waals surface area contributed by atoms with Gasteiger partial charge in [-0.2, -0.15) is 13.2 Å². The van der Waals surface area contributed by atoms with E-state index in [4.69, 9.17) is 11.6 Å². The summed E-state index contributed by atoms with van der Waals surface area (Å²) in [6.45, 7) is 2.03. The highest BCUT2D eigenvalue weighted by atomic mass is 35.5. The number of halogens is 4. The lowest BCUT2D eigenvalue weighted by Crippen LogP contribution is -2.52. The Morgan fingerprint density at radius 2 is 2.15 bits per heavy atom. The number of urea groups is 1. The van der Waals surface area contributed by atoms with E-state index in [1.807, 2.05) is 19.2 Å². The zero-order chi connectivity index (χ0) is 19.4. The fourth-order valence-electron chi connectivity index (χ4n) is 4.26. The summed E-state index contributed by atoms with van der Waals surface area (Å²) < 4.78 is 38.6. The maximum absolute atomic E-state index is 13.0. The summed E-state index contributed by atoms with van der Waals surface area (Å²) in [6, 6.07) is 4.77. The van der Waals surface area contributed by atoms with Crippen LogP contribution in [0.3, 0.4) is 0 Å². The van der Waals surface area contributed by atoms with Crippen LogP contribution in [0.2, 0.25) is 5.02 Å². The topological polar surface area (TPSA) is 45.2 Å². The van der Waals surface area contributed by atoms with Crippen LogP contribution in [0.4, 0.5) is 23.7 Å². The second kappa shape index (κ2) is 6.12. The molecule has 2 aliphatic heterocycles. The highest BCUT2D eigenvalue weighted by molar-refractivity contribution is 6.31. The number of nitrogens with zero attached hydrogens (tertiary/aromatic N) is 2. The van der Waals surface area contributed by atoms with Crippen LogP contribution >= 0.6 is 11.6 Å². The SMILES string of the molecule is C[C@@]12CC[C@@H](c3ccncc3C1)N2C(=O)Nc1ccc(C(F)(F)F)c(Cl)c1. The second-order valence-corrected chi connectivity index (χ2v) is 7.70. The molecule has 1 N–H and O–H groups in total. The quantitative estimate of drug-likeness (QED) is 0.699. The van der Waals surface area contributed by atoms with E-state index in [9.17, 15) is 18.0 Å². The number of hydrogen-bond donors (Lipinski definition) is 1. The Bertz CT molecular complexity index is 917. The molecule has 1 fully saturated rings. The molecule has 1 saturated heterocycles. The molecule has 1 aromatic heterocycles. The molecule has 8 heteroatoms. The molecule has 0 spiro atoms. The van der Waals surface area contributed by atoms with Crippen LogP contribution in [0.15, 0.2) is 36.7 Å². The Labute approximate surface area is 159 Å². The standard InChI is InChI=1S/C19H17ClF3N3O/c1-18-6-4-16(13-5-7-24-10-11(13)9-18)26(18)17(27)25-12-2-3-14(15(20)8-12)19(21,22)23/h2-3,5,7-8,10,16H,4,6,9H2,1H3,(H,25,27)/t16-,18+/m0/s1. The van der Waals surface area contributed by atoms with Crippen LogP contribution in [0.1, 0.15) is 42.5 Å². The summed E-state index contributed by atoms with van der Waals surface area (Å²) in [7, 11) is 0. The van der Waals surface area contributed by atoms with Gasteiger partial charge in [0.05, 0.1) is 16.6 Å². The largest absolute Gasteiger partial charge is 0.417 e. The van der Waals surface area contributed by atoms with Crippen LogP contribution in [-0.4, -0.2) is 21.5 Å². The first-order chi connectivity index (χ1) is 12.7. The predicted molar refractivity (Wildman–Crippen MR) is 95.6 cm³/mol. The molecule has 4 nitrogen and oxygen atoms in total. The van der Waals surface area contributed by atoms with Gasteiger partial charge in [0.15, 0.2) is 0 Å². The van der Waals surface area contributed by atoms with Crippen LogP contribution in [0, 0.1) is 0 Å². The number of hydrogen-bond acceptors (Lipinski definition) is 2. The minimum absolute atomic E-state index is 0.0633. The molecule has 2 aliphatic rings. The van der Waals surface area contributed by atoms with E-state index >= 15 is 0 Å². The Morgan fingerprint density at radius 1 is 1.37 bits per heavy atom. The molecule has 2 aromatic rings. The molecule has 2 amide bonds. The number of carbonyl (C=O) groups excluding carboxylic acids is 1. The van der Waals surface area contributed by atoms with Crippen molar-refractivity contribution in [3.63, 3.8) is 0 Å². The first-order valence-corrected chi connectivity index (χ1v) is 8.97. The molecule has 3 heterocycles. The van der Waals surface area contributed by atoms with Gasteiger partial charge in [0.2, 0.25) is 0 Å². The minimum Gasteiger partial charge on any atom is -0.312 e. The van der Waals surface area contributed by atoms with Crippen LogP contribution in [0.25, 0.3) is 0 Å². The summed E-state index contributed by atoms with van der Waals surface area (Å²) in [5, 5.41) is 2.27. The van der Waals surface area contributed by atoms with Crippen molar-refractivity contribution in [2.45, 2.75) is 43.9 Å². The maximum atomic E-state index is 13.0. The number of fused-ring (bicyclic) bond motifs is 4. The van der Waals surface area contributed by atoms with Gasteiger partial charge in [-0.15, -0.1) is 0 Å². The highest BCUT2D eigenvalue weighted by Gasteiger charge is 2.50. The van der Waals surface area contributed by atoms with E-state index < -0.39 is 16.8 Å². The van der Waals surface area contributed by atoms with Crippen molar-refractivity contribution in [3.05, 3.63) is 58.4 Å². The summed E-state index contributed by atoms with van der Waals surface area (Å²) in [5.41, 5.74) is 1.19. The van der Waals surface area contributed by atoms with Crippen molar-refractivity contribution in [2.75, 3.05) is 5.32 Å². The van der Waals surface area contributed by atoms with E-state index in [0.29, 0.717) is 6.42 Å². The van der Waals surface area contributed by atoms with E-state index in [1.54, 1.807) is 11.1 Å². The fourth-order valence-corrected chi connectivity index (χ4v) is 4.54. The molecule has 0 saturated carbocycles. The van der Waals surface area contributed by atoms with Crippen LogP contribution in [0.5, 0.6) is 0 Å². The molecule has 0 aliphatic carbocycles. The molecule has 0 unspecified atom stereocenters. The Morgan fingerprint density at radius 3 is 2.85 bits per heavy atom. The van der Waals surface area contributed by atoms with Crippen LogP contribution < -0.4 is 5.32 Å². The lowest BCUT2D eigenvalue weighted by Gasteiger charge is -2.43. The second-order valence-electron chi connectivity index (χ2n) is 7.30. The molecule has 27 heavy (non-hydrogen) atoms. The van der Waals surface area contributed by atoms with Gasteiger partial charge in [-0.3, -0.25) is 4.98 Å².